The third-order valence-electron chi connectivity index (χ3n) is 5.22. The van der Waals surface area contributed by atoms with Crippen LogP contribution in [0.1, 0.15) is 34.1 Å². The predicted octanol–water partition coefficient (Wildman–Crippen LogP) is 2.72. The minimum absolute atomic E-state index is 0.0423. The Hall–Kier alpha value is -3.21. The highest BCUT2D eigenvalue weighted by molar-refractivity contribution is 7.92. The van der Waals surface area contributed by atoms with E-state index in [1.165, 1.54) is 47.2 Å². The molecule has 2 aromatic rings. The van der Waals surface area contributed by atoms with Crippen LogP contribution in [-0.2, 0) is 10.0 Å². The fourth-order valence-electron chi connectivity index (χ4n) is 3.53. The monoisotopic (exact) mass is 481 g/mol. The van der Waals surface area contributed by atoms with Gasteiger partial charge in [0.05, 0.1) is 24.1 Å². The Morgan fingerprint density at radius 3 is 2.27 bits per heavy atom. The van der Waals surface area contributed by atoms with E-state index in [1.807, 2.05) is 0 Å². The minimum atomic E-state index is -3.53. The molecule has 1 heterocycles. The molecule has 0 unspecified atom stereocenters. The van der Waals surface area contributed by atoms with Gasteiger partial charge in [0.25, 0.3) is 11.8 Å². The van der Waals surface area contributed by atoms with Crippen LogP contribution in [0.5, 0.6) is 5.75 Å². The number of amides is 2. The summed E-state index contributed by atoms with van der Waals surface area (Å²) in [6.07, 6.45) is 0.453. The van der Waals surface area contributed by atoms with Crippen LogP contribution in [0, 0.1) is 11.6 Å². The molecule has 1 saturated heterocycles. The summed E-state index contributed by atoms with van der Waals surface area (Å²) >= 11 is 0. The molecule has 8 nitrogen and oxygen atoms in total. The van der Waals surface area contributed by atoms with Crippen molar-refractivity contribution in [3.05, 3.63) is 59.2 Å². The Labute approximate surface area is 191 Å². The fraction of sp³-hybridized carbons (Fsp3) is 0.364. The maximum absolute atomic E-state index is 13.9. The van der Waals surface area contributed by atoms with Crippen LogP contribution in [-0.4, -0.2) is 69.1 Å². The first-order valence-corrected chi connectivity index (χ1v) is 12.0. The molecule has 0 radical (unpaired) electrons. The first-order valence-electron chi connectivity index (χ1n) is 10.4. The lowest BCUT2D eigenvalue weighted by atomic mass is 10.1. The Kier molecular flexibility index (Phi) is 7.52. The van der Waals surface area contributed by atoms with Crippen molar-refractivity contribution in [2.45, 2.75) is 13.3 Å². The molecule has 2 amide bonds. The summed E-state index contributed by atoms with van der Waals surface area (Å²) in [5.41, 5.74) is 0.178. The highest BCUT2D eigenvalue weighted by Gasteiger charge is 2.28. The van der Waals surface area contributed by atoms with Gasteiger partial charge in [0.15, 0.2) is 11.6 Å². The number of nitrogens with one attached hydrogen (secondary N) is 1. The average molecular weight is 482 g/mol. The zero-order chi connectivity index (χ0) is 24.2. The summed E-state index contributed by atoms with van der Waals surface area (Å²) in [5.74, 6) is -3.08. The molecule has 33 heavy (non-hydrogen) atoms. The molecule has 0 aliphatic carbocycles. The standard InChI is InChI=1S/C22H25F2N3O5S/c1-3-13-33(30,31)25-18-8-7-15(14-19(18)32-2)21(28)26-9-11-27(12-10-26)22(29)16-5-4-6-17(23)20(16)24/h4-8,14,25H,3,9-13H2,1-2H3. The van der Waals surface area contributed by atoms with Crippen molar-refractivity contribution in [1.82, 2.24) is 9.80 Å². The van der Waals surface area contributed by atoms with E-state index in [4.69, 9.17) is 4.74 Å². The van der Waals surface area contributed by atoms with E-state index in [0.717, 1.165) is 6.07 Å². The zero-order valence-corrected chi connectivity index (χ0v) is 19.1. The van der Waals surface area contributed by atoms with Gasteiger partial charge in [0.2, 0.25) is 10.0 Å². The van der Waals surface area contributed by atoms with Crippen LogP contribution in [0.15, 0.2) is 36.4 Å². The van der Waals surface area contributed by atoms with Crippen molar-refractivity contribution in [2.75, 3.05) is 43.8 Å². The van der Waals surface area contributed by atoms with Crippen molar-refractivity contribution in [2.24, 2.45) is 0 Å². The van der Waals surface area contributed by atoms with Crippen LogP contribution in [0.2, 0.25) is 0 Å². The van der Waals surface area contributed by atoms with Crippen LogP contribution in [0.4, 0.5) is 14.5 Å². The first kappa shape index (κ1) is 24.4. The second-order valence-electron chi connectivity index (χ2n) is 7.52. The lowest BCUT2D eigenvalue weighted by Gasteiger charge is -2.35. The molecule has 0 bridgehead atoms. The second-order valence-corrected chi connectivity index (χ2v) is 9.36. The van der Waals surface area contributed by atoms with Crippen LogP contribution in [0.3, 0.4) is 0 Å². The molecule has 1 N–H and O–H groups in total. The zero-order valence-electron chi connectivity index (χ0n) is 18.3. The SMILES string of the molecule is CCCS(=O)(=O)Nc1ccc(C(=O)N2CCN(C(=O)c3cccc(F)c3F)CC2)cc1OC. The molecule has 1 aliphatic heterocycles. The van der Waals surface area contributed by atoms with Crippen LogP contribution in [0.25, 0.3) is 0 Å². The Bertz CT molecular complexity index is 1150. The van der Waals surface area contributed by atoms with E-state index < -0.39 is 27.6 Å². The fourth-order valence-corrected chi connectivity index (χ4v) is 4.67. The summed E-state index contributed by atoms with van der Waals surface area (Å²) in [6, 6.07) is 7.84. The van der Waals surface area contributed by atoms with Gasteiger partial charge in [-0.3, -0.25) is 14.3 Å². The smallest absolute Gasteiger partial charge is 0.257 e. The van der Waals surface area contributed by atoms with Crippen molar-refractivity contribution in [3.63, 3.8) is 0 Å². The molecule has 0 atom stereocenters. The highest BCUT2D eigenvalue weighted by Crippen LogP contribution is 2.27. The summed E-state index contributed by atoms with van der Waals surface area (Å²) < 4.78 is 59.2. The molecule has 0 saturated carbocycles. The molecule has 2 aromatic carbocycles. The third-order valence-corrected chi connectivity index (χ3v) is 6.70. The molecule has 11 heteroatoms. The van der Waals surface area contributed by atoms with E-state index in [2.05, 4.69) is 4.72 Å². The lowest BCUT2D eigenvalue weighted by Crippen LogP contribution is -2.50. The number of halogens is 2. The topological polar surface area (TPSA) is 96.0 Å². The van der Waals surface area contributed by atoms with Gasteiger partial charge in [-0.25, -0.2) is 17.2 Å². The van der Waals surface area contributed by atoms with E-state index in [-0.39, 0.29) is 54.8 Å². The number of benzene rings is 2. The molecule has 0 spiro atoms. The number of carbonyl (C=O) groups is 2. The number of methoxy groups -OCH3 is 1. The largest absolute Gasteiger partial charge is 0.495 e. The normalized spacial score (nSPS) is 14.2. The van der Waals surface area contributed by atoms with Gasteiger partial charge in [-0.05, 0) is 36.8 Å². The number of piperazine rings is 1. The molecular weight excluding hydrogens is 456 g/mol. The molecule has 3 rings (SSSR count). The number of carbonyl (C=O) groups excluding carboxylic acids is 2. The van der Waals surface area contributed by atoms with Gasteiger partial charge in [0.1, 0.15) is 5.75 Å². The second kappa shape index (κ2) is 10.2. The van der Waals surface area contributed by atoms with Gasteiger partial charge >= 0.3 is 0 Å². The minimum Gasteiger partial charge on any atom is -0.495 e. The van der Waals surface area contributed by atoms with E-state index in [1.54, 1.807) is 6.92 Å². The van der Waals surface area contributed by atoms with E-state index in [0.29, 0.717) is 12.0 Å². The van der Waals surface area contributed by atoms with Crippen molar-refractivity contribution >= 4 is 27.5 Å². The lowest BCUT2D eigenvalue weighted by molar-refractivity contribution is 0.0532. The average Bonchev–Trinajstić information content (AvgIpc) is 2.80. The van der Waals surface area contributed by atoms with Crippen molar-refractivity contribution in [1.29, 1.82) is 0 Å². The van der Waals surface area contributed by atoms with E-state index in [9.17, 15) is 26.8 Å². The molecule has 1 fully saturated rings. The maximum Gasteiger partial charge on any atom is 0.257 e. The summed E-state index contributed by atoms with van der Waals surface area (Å²) in [7, 11) is -2.15. The Balaban J connectivity index is 1.68. The van der Waals surface area contributed by atoms with Gasteiger partial charge in [0, 0.05) is 31.7 Å². The number of nitrogens with zero attached hydrogens (tertiary/aromatic N) is 2. The number of rotatable bonds is 7. The summed E-state index contributed by atoms with van der Waals surface area (Å²) in [4.78, 5) is 28.4. The summed E-state index contributed by atoms with van der Waals surface area (Å²) in [6.45, 7) is 2.47. The first-order chi connectivity index (χ1) is 15.7. The quantitative estimate of drug-likeness (QED) is 0.656. The number of sulfonamides is 1. The third kappa shape index (κ3) is 5.59. The van der Waals surface area contributed by atoms with E-state index >= 15 is 0 Å². The number of ether oxygens (including phenoxy) is 1. The Morgan fingerprint density at radius 2 is 1.67 bits per heavy atom. The number of hydrogen-bond acceptors (Lipinski definition) is 5. The molecular formula is C22H25F2N3O5S. The Morgan fingerprint density at radius 1 is 1.03 bits per heavy atom. The number of hydrogen-bond donors (Lipinski definition) is 1. The van der Waals surface area contributed by atoms with Gasteiger partial charge in [-0.2, -0.15) is 0 Å². The number of anilines is 1. The highest BCUT2D eigenvalue weighted by atomic mass is 32.2. The molecule has 1 aliphatic rings. The van der Waals surface area contributed by atoms with Crippen LogP contribution >= 0.6 is 0 Å². The summed E-state index contributed by atoms with van der Waals surface area (Å²) in [5, 5.41) is 0. The molecule has 0 aromatic heterocycles. The van der Waals surface area contributed by atoms with Crippen molar-refractivity contribution < 1.29 is 31.5 Å². The van der Waals surface area contributed by atoms with Gasteiger partial charge in [-0.1, -0.05) is 13.0 Å². The molecule has 178 valence electrons. The van der Waals surface area contributed by atoms with Crippen LogP contribution < -0.4 is 9.46 Å². The van der Waals surface area contributed by atoms with Gasteiger partial charge < -0.3 is 14.5 Å². The maximum atomic E-state index is 13.9. The van der Waals surface area contributed by atoms with Gasteiger partial charge in [-0.15, -0.1) is 0 Å². The van der Waals surface area contributed by atoms with Crippen molar-refractivity contribution in [3.8, 4) is 5.75 Å². The predicted molar refractivity (Wildman–Crippen MR) is 119 cm³/mol.